The van der Waals surface area contributed by atoms with Crippen molar-refractivity contribution >= 4 is 11.3 Å². The molecule has 2 aromatic rings. The number of carbonyl (C=O) groups is 1. The quantitative estimate of drug-likeness (QED) is 0.642. The third-order valence-corrected chi connectivity index (χ3v) is 2.50. The standard InChI is InChI=1S/C11H12N2O/c1-7-8(2)12-13-10(7)5-4-6-11(13)9(3)14/h4-6H,1-3H3. The normalized spacial score (nSPS) is 10.8. The number of carbonyl (C=O) groups excluding carboxylic acids is 1. The van der Waals surface area contributed by atoms with Crippen LogP contribution in [0.25, 0.3) is 5.52 Å². The molecule has 3 nitrogen and oxygen atoms in total. The number of hydrogen-bond donors (Lipinski definition) is 0. The van der Waals surface area contributed by atoms with Gasteiger partial charge in [-0.05, 0) is 31.5 Å². The van der Waals surface area contributed by atoms with Gasteiger partial charge in [-0.2, -0.15) is 5.10 Å². The molecule has 2 aromatic heterocycles. The Kier molecular flexibility index (Phi) is 1.88. The topological polar surface area (TPSA) is 34.4 Å². The van der Waals surface area contributed by atoms with Gasteiger partial charge < -0.3 is 0 Å². The lowest BCUT2D eigenvalue weighted by Crippen LogP contribution is -2.03. The molecule has 0 fully saturated rings. The smallest absolute Gasteiger partial charge is 0.178 e. The van der Waals surface area contributed by atoms with E-state index in [0.717, 1.165) is 16.8 Å². The van der Waals surface area contributed by atoms with Crippen molar-refractivity contribution in [2.45, 2.75) is 20.8 Å². The van der Waals surface area contributed by atoms with Crippen LogP contribution in [0.3, 0.4) is 0 Å². The summed E-state index contributed by atoms with van der Waals surface area (Å²) in [5.41, 5.74) is 3.75. The molecule has 2 heterocycles. The maximum Gasteiger partial charge on any atom is 0.178 e. The minimum atomic E-state index is 0.0399. The fourth-order valence-corrected chi connectivity index (χ4v) is 1.57. The molecule has 0 saturated heterocycles. The van der Waals surface area contributed by atoms with Gasteiger partial charge in [0, 0.05) is 6.92 Å². The number of rotatable bonds is 1. The van der Waals surface area contributed by atoms with Crippen molar-refractivity contribution in [2.24, 2.45) is 0 Å². The second-order valence-corrected chi connectivity index (χ2v) is 3.47. The second kappa shape index (κ2) is 2.94. The summed E-state index contributed by atoms with van der Waals surface area (Å²) >= 11 is 0. The van der Waals surface area contributed by atoms with Gasteiger partial charge in [0.2, 0.25) is 0 Å². The Morgan fingerprint density at radius 1 is 1.36 bits per heavy atom. The van der Waals surface area contributed by atoms with E-state index in [9.17, 15) is 4.79 Å². The maximum atomic E-state index is 11.3. The van der Waals surface area contributed by atoms with Crippen LogP contribution in [0.5, 0.6) is 0 Å². The molecule has 0 bridgehead atoms. The summed E-state index contributed by atoms with van der Waals surface area (Å²) in [6, 6.07) is 5.66. The minimum absolute atomic E-state index is 0.0399. The Bertz CT molecular complexity index is 511. The van der Waals surface area contributed by atoms with Crippen molar-refractivity contribution in [3.05, 3.63) is 35.2 Å². The van der Waals surface area contributed by atoms with Gasteiger partial charge in [-0.3, -0.25) is 4.79 Å². The summed E-state index contributed by atoms with van der Waals surface area (Å²) in [5, 5.41) is 4.33. The molecule has 0 atom stereocenters. The predicted molar refractivity (Wildman–Crippen MR) is 54.7 cm³/mol. The zero-order valence-corrected chi connectivity index (χ0v) is 8.53. The first kappa shape index (κ1) is 8.94. The van der Waals surface area contributed by atoms with Crippen molar-refractivity contribution in [3.63, 3.8) is 0 Å². The number of fused-ring (bicyclic) bond motifs is 1. The number of aryl methyl sites for hydroxylation is 2. The number of ketones is 1. The zero-order chi connectivity index (χ0) is 10.3. The van der Waals surface area contributed by atoms with Gasteiger partial charge in [-0.15, -0.1) is 0 Å². The van der Waals surface area contributed by atoms with Gasteiger partial charge >= 0.3 is 0 Å². The average molecular weight is 188 g/mol. The summed E-state index contributed by atoms with van der Waals surface area (Å²) in [7, 11) is 0. The first-order valence-corrected chi connectivity index (χ1v) is 4.57. The summed E-state index contributed by atoms with van der Waals surface area (Å²) in [5.74, 6) is 0.0399. The lowest BCUT2D eigenvalue weighted by Gasteiger charge is -1.99. The van der Waals surface area contributed by atoms with Gasteiger partial charge in [-0.25, -0.2) is 4.52 Å². The molecule has 0 radical (unpaired) electrons. The molecule has 0 aliphatic carbocycles. The van der Waals surface area contributed by atoms with Crippen LogP contribution < -0.4 is 0 Å². The number of nitrogens with zero attached hydrogens (tertiary/aromatic N) is 2. The van der Waals surface area contributed by atoms with Gasteiger partial charge in [0.15, 0.2) is 5.78 Å². The van der Waals surface area contributed by atoms with E-state index in [2.05, 4.69) is 5.10 Å². The van der Waals surface area contributed by atoms with Crippen molar-refractivity contribution in [1.82, 2.24) is 9.61 Å². The SMILES string of the molecule is CC(=O)c1cccc2c(C)c(C)nn12. The van der Waals surface area contributed by atoms with E-state index in [-0.39, 0.29) is 5.78 Å². The Hall–Kier alpha value is -1.64. The van der Waals surface area contributed by atoms with E-state index < -0.39 is 0 Å². The van der Waals surface area contributed by atoms with E-state index in [1.807, 2.05) is 26.0 Å². The summed E-state index contributed by atoms with van der Waals surface area (Å²) < 4.78 is 1.72. The first-order chi connectivity index (χ1) is 6.61. The molecule has 0 spiro atoms. The second-order valence-electron chi connectivity index (χ2n) is 3.47. The predicted octanol–water partition coefficient (Wildman–Crippen LogP) is 2.15. The summed E-state index contributed by atoms with van der Waals surface area (Å²) in [6.45, 7) is 5.52. The average Bonchev–Trinajstić information content (AvgIpc) is 2.43. The molecule has 0 amide bonds. The van der Waals surface area contributed by atoms with Crippen LogP contribution in [0, 0.1) is 13.8 Å². The number of aromatic nitrogens is 2. The lowest BCUT2D eigenvalue weighted by molar-refractivity contribution is 0.101. The zero-order valence-electron chi connectivity index (χ0n) is 8.53. The van der Waals surface area contributed by atoms with Crippen molar-refractivity contribution in [1.29, 1.82) is 0 Å². The summed E-state index contributed by atoms with van der Waals surface area (Å²) in [6.07, 6.45) is 0. The van der Waals surface area contributed by atoms with E-state index in [4.69, 9.17) is 0 Å². The molecule has 0 aromatic carbocycles. The van der Waals surface area contributed by atoms with E-state index in [1.54, 1.807) is 17.5 Å². The number of pyridine rings is 1. The van der Waals surface area contributed by atoms with Crippen LogP contribution in [0.2, 0.25) is 0 Å². The minimum Gasteiger partial charge on any atom is -0.293 e. The molecule has 3 heteroatoms. The van der Waals surface area contributed by atoms with Crippen LogP contribution in [0.15, 0.2) is 18.2 Å². The molecular formula is C11H12N2O. The molecule has 72 valence electrons. The van der Waals surface area contributed by atoms with Crippen LogP contribution in [-0.2, 0) is 0 Å². The Morgan fingerprint density at radius 3 is 2.71 bits per heavy atom. The molecule has 2 rings (SSSR count). The molecule has 14 heavy (non-hydrogen) atoms. The van der Waals surface area contributed by atoms with E-state index >= 15 is 0 Å². The summed E-state index contributed by atoms with van der Waals surface area (Å²) in [4.78, 5) is 11.3. The molecule has 0 N–H and O–H groups in total. The van der Waals surface area contributed by atoms with Crippen molar-refractivity contribution in [3.8, 4) is 0 Å². The van der Waals surface area contributed by atoms with Gasteiger partial charge in [0.25, 0.3) is 0 Å². The monoisotopic (exact) mass is 188 g/mol. The molecule has 0 unspecified atom stereocenters. The Labute approximate surface area is 82.4 Å². The van der Waals surface area contributed by atoms with Crippen molar-refractivity contribution in [2.75, 3.05) is 0 Å². The van der Waals surface area contributed by atoms with E-state index in [1.165, 1.54) is 0 Å². The Morgan fingerprint density at radius 2 is 2.07 bits per heavy atom. The molecular weight excluding hydrogens is 176 g/mol. The van der Waals surface area contributed by atoms with Gasteiger partial charge in [0.05, 0.1) is 11.2 Å². The lowest BCUT2D eigenvalue weighted by atomic mass is 10.2. The highest BCUT2D eigenvalue weighted by Crippen LogP contribution is 2.15. The molecule has 0 saturated carbocycles. The molecule has 0 aliphatic rings. The fraction of sp³-hybridized carbons (Fsp3) is 0.273. The first-order valence-electron chi connectivity index (χ1n) is 4.57. The molecule has 0 aliphatic heterocycles. The third kappa shape index (κ3) is 1.13. The van der Waals surface area contributed by atoms with Crippen LogP contribution in [-0.4, -0.2) is 15.4 Å². The number of Topliss-reactive ketones (excluding diaryl/α,β-unsaturated/α-hetero) is 1. The number of hydrogen-bond acceptors (Lipinski definition) is 2. The highest BCUT2D eigenvalue weighted by atomic mass is 16.1. The van der Waals surface area contributed by atoms with Gasteiger partial charge in [-0.1, -0.05) is 6.07 Å². The Balaban J connectivity index is 2.88. The van der Waals surface area contributed by atoms with Crippen LogP contribution >= 0.6 is 0 Å². The van der Waals surface area contributed by atoms with Crippen LogP contribution in [0.4, 0.5) is 0 Å². The third-order valence-electron chi connectivity index (χ3n) is 2.50. The van der Waals surface area contributed by atoms with Crippen LogP contribution in [0.1, 0.15) is 28.7 Å². The van der Waals surface area contributed by atoms with Crippen molar-refractivity contribution < 1.29 is 4.79 Å². The highest BCUT2D eigenvalue weighted by Gasteiger charge is 2.09. The largest absolute Gasteiger partial charge is 0.293 e. The maximum absolute atomic E-state index is 11.3. The fourth-order valence-electron chi connectivity index (χ4n) is 1.57. The van der Waals surface area contributed by atoms with E-state index in [0.29, 0.717) is 5.69 Å². The highest BCUT2D eigenvalue weighted by molar-refractivity contribution is 5.93. The van der Waals surface area contributed by atoms with Gasteiger partial charge in [0.1, 0.15) is 5.69 Å².